The minimum Gasteiger partial charge on any atom is -0.492 e. The first-order valence-electron chi connectivity index (χ1n) is 8.49. The number of aromatic amines is 1. The van der Waals surface area contributed by atoms with E-state index in [1.165, 1.54) is 7.11 Å². The zero-order valence-electron chi connectivity index (χ0n) is 14.5. The molecule has 0 spiro atoms. The van der Waals surface area contributed by atoms with Crippen molar-refractivity contribution < 1.29 is 14.3 Å². The lowest BCUT2D eigenvalue weighted by Gasteiger charge is -2.34. The summed E-state index contributed by atoms with van der Waals surface area (Å²) in [6.45, 7) is 6.21. The highest BCUT2D eigenvalue weighted by atomic mass is 16.5. The van der Waals surface area contributed by atoms with Crippen molar-refractivity contribution in [3.05, 3.63) is 47.8 Å². The minimum atomic E-state index is -0.371. The number of aromatic nitrogens is 2. The molecule has 2 heterocycles. The minimum absolute atomic E-state index is 0.371. The van der Waals surface area contributed by atoms with Crippen LogP contribution in [0.3, 0.4) is 0 Å². The fraction of sp³-hybridized carbons (Fsp3) is 0.444. The van der Waals surface area contributed by atoms with E-state index in [4.69, 9.17) is 9.47 Å². The molecule has 1 fully saturated rings. The van der Waals surface area contributed by atoms with Gasteiger partial charge in [0.1, 0.15) is 18.1 Å². The van der Waals surface area contributed by atoms with Crippen molar-refractivity contribution in [2.75, 3.05) is 46.4 Å². The molecule has 0 unspecified atom stereocenters. The highest BCUT2D eigenvalue weighted by Crippen LogP contribution is 2.12. The Morgan fingerprint density at radius 1 is 1.16 bits per heavy atom. The highest BCUT2D eigenvalue weighted by Gasteiger charge is 2.20. The monoisotopic (exact) mass is 344 g/mol. The maximum atomic E-state index is 11.7. The number of piperazine rings is 1. The van der Waals surface area contributed by atoms with Gasteiger partial charge in [0, 0.05) is 44.8 Å². The van der Waals surface area contributed by atoms with Crippen molar-refractivity contribution in [1.82, 2.24) is 20.0 Å². The number of ether oxygens (including phenoxy) is 2. The van der Waals surface area contributed by atoms with Gasteiger partial charge >= 0.3 is 5.97 Å². The van der Waals surface area contributed by atoms with E-state index in [1.807, 2.05) is 30.3 Å². The zero-order valence-corrected chi connectivity index (χ0v) is 14.5. The molecule has 0 radical (unpaired) electrons. The zero-order chi connectivity index (χ0) is 17.5. The van der Waals surface area contributed by atoms with Gasteiger partial charge < -0.3 is 9.47 Å². The largest absolute Gasteiger partial charge is 0.492 e. The summed E-state index contributed by atoms with van der Waals surface area (Å²) in [5, 5.41) is 6.68. The Morgan fingerprint density at radius 2 is 1.88 bits per heavy atom. The molecule has 0 amide bonds. The van der Waals surface area contributed by atoms with E-state index >= 15 is 0 Å². The predicted octanol–water partition coefficient (Wildman–Crippen LogP) is 1.39. The molecule has 1 N–H and O–H groups in total. The number of nitrogens with zero attached hydrogens (tertiary/aromatic N) is 3. The number of hydrogen-bond donors (Lipinski definition) is 1. The summed E-state index contributed by atoms with van der Waals surface area (Å²) in [5.41, 5.74) is 1.33. The maximum Gasteiger partial charge on any atom is 0.356 e. The van der Waals surface area contributed by atoms with E-state index in [1.54, 1.807) is 6.20 Å². The highest BCUT2D eigenvalue weighted by molar-refractivity contribution is 5.88. The third-order valence-electron chi connectivity index (χ3n) is 4.39. The summed E-state index contributed by atoms with van der Waals surface area (Å²) in [7, 11) is 1.38. The first kappa shape index (κ1) is 17.4. The molecule has 3 rings (SSSR count). The smallest absolute Gasteiger partial charge is 0.356 e. The second-order valence-corrected chi connectivity index (χ2v) is 6.04. The number of H-pyrrole nitrogens is 1. The Bertz CT molecular complexity index is 666. The summed E-state index contributed by atoms with van der Waals surface area (Å²) in [6, 6.07) is 9.89. The first-order valence-corrected chi connectivity index (χ1v) is 8.49. The molecule has 7 heteroatoms. The van der Waals surface area contributed by atoms with Gasteiger partial charge in [-0.05, 0) is 12.1 Å². The molecule has 25 heavy (non-hydrogen) atoms. The molecule has 0 saturated carbocycles. The van der Waals surface area contributed by atoms with E-state index in [-0.39, 0.29) is 5.97 Å². The number of esters is 1. The average molecular weight is 344 g/mol. The van der Waals surface area contributed by atoms with E-state index in [9.17, 15) is 4.79 Å². The molecule has 1 aromatic carbocycles. The van der Waals surface area contributed by atoms with Crippen molar-refractivity contribution >= 4 is 5.97 Å². The molecule has 0 bridgehead atoms. The number of methoxy groups -OCH3 is 1. The van der Waals surface area contributed by atoms with Crippen molar-refractivity contribution in [1.29, 1.82) is 0 Å². The van der Waals surface area contributed by atoms with Crippen LogP contribution in [0.1, 0.15) is 16.1 Å². The summed E-state index contributed by atoms with van der Waals surface area (Å²) in [6.07, 6.45) is 1.70. The Labute approximate surface area is 147 Å². The van der Waals surface area contributed by atoms with Crippen LogP contribution in [0.25, 0.3) is 0 Å². The topological polar surface area (TPSA) is 70.7 Å². The van der Waals surface area contributed by atoms with Crippen LogP contribution in [-0.2, 0) is 11.3 Å². The summed E-state index contributed by atoms with van der Waals surface area (Å²) in [4.78, 5) is 16.4. The number of rotatable bonds is 7. The van der Waals surface area contributed by atoms with E-state index in [0.29, 0.717) is 18.8 Å². The van der Waals surface area contributed by atoms with Gasteiger partial charge in [-0.25, -0.2) is 4.79 Å². The van der Waals surface area contributed by atoms with Gasteiger partial charge in [-0.2, -0.15) is 5.10 Å². The Balaban J connectivity index is 1.40. The maximum absolute atomic E-state index is 11.7. The lowest BCUT2D eigenvalue weighted by Crippen LogP contribution is -2.47. The van der Waals surface area contributed by atoms with Gasteiger partial charge in [-0.3, -0.25) is 14.9 Å². The first-order chi connectivity index (χ1) is 12.3. The van der Waals surface area contributed by atoms with E-state index < -0.39 is 0 Å². The summed E-state index contributed by atoms with van der Waals surface area (Å²) in [5.74, 6) is 0.542. The average Bonchev–Trinajstić information content (AvgIpc) is 3.11. The quantitative estimate of drug-likeness (QED) is 0.766. The van der Waals surface area contributed by atoms with Gasteiger partial charge in [0.15, 0.2) is 0 Å². The number of carbonyl (C=O) groups is 1. The molecule has 1 aliphatic rings. The predicted molar refractivity (Wildman–Crippen MR) is 93.6 cm³/mol. The molecule has 134 valence electrons. The van der Waals surface area contributed by atoms with Crippen molar-refractivity contribution in [3.63, 3.8) is 0 Å². The molecule has 2 aromatic rings. The lowest BCUT2D eigenvalue weighted by atomic mass is 10.2. The van der Waals surface area contributed by atoms with Crippen LogP contribution in [0, 0.1) is 0 Å². The van der Waals surface area contributed by atoms with Crippen LogP contribution in [-0.4, -0.2) is 72.4 Å². The molecular weight excluding hydrogens is 320 g/mol. The standard InChI is InChI=1S/C18H24N4O3/c1-24-18(23)17-15(13-19-20-17)14-22-9-7-21(8-10-22)11-12-25-16-5-3-2-4-6-16/h2-6,13H,7-12,14H2,1H3,(H,19,20). The van der Waals surface area contributed by atoms with Crippen LogP contribution < -0.4 is 4.74 Å². The molecule has 1 saturated heterocycles. The second-order valence-electron chi connectivity index (χ2n) is 6.04. The summed E-state index contributed by atoms with van der Waals surface area (Å²) >= 11 is 0. The summed E-state index contributed by atoms with van der Waals surface area (Å²) < 4.78 is 10.5. The van der Waals surface area contributed by atoms with Crippen molar-refractivity contribution in [3.8, 4) is 5.75 Å². The third kappa shape index (κ3) is 4.80. The number of hydrogen-bond acceptors (Lipinski definition) is 6. The Kier molecular flexibility index (Phi) is 6.03. The molecule has 0 atom stereocenters. The van der Waals surface area contributed by atoms with Gasteiger partial charge in [-0.1, -0.05) is 18.2 Å². The van der Waals surface area contributed by atoms with Crippen molar-refractivity contribution in [2.24, 2.45) is 0 Å². The second kappa shape index (κ2) is 8.64. The lowest BCUT2D eigenvalue weighted by molar-refractivity contribution is 0.0589. The molecular formula is C18H24N4O3. The SMILES string of the molecule is COC(=O)c1[nH]ncc1CN1CCN(CCOc2ccccc2)CC1. The Morgan fingerprint density at radius 3 is 2.60 bits per heavy atom. The number of carbonyl (C=O) groups excluding carboxylic acids is 1. The molecule has 7 nitrogen and oxygen atoms in total. The van der Waals surface area contributed by atoms with Gasteiger partial charge in [-0.15, -0.1) is 0 Å². The molecule has 0 aliphatic carbocycles. The van der Waals surface area contributed by atoms with Crippen LogP contribution in [0.15, 0.2) is 36.5 Å². The molecule has 1 aromatic heterocycles. The Hall–Kier alpha value is -2.38. The van der Waals surface area contributed by atoms with Crippen LogP contribution in [0.4, 0.5) is 0 Å². The number of nitrogens with one attached hydrogen (secondary N) is 1. The van der Waals surface area contributed by atoms with Gasteiger partial charge in [0.05, 0.1) is 13.3 Å². The van der Waals surface area contributed by atoms with Crippen LogP contribution in [0.5, 0.6) is 5.75 Å². The number of benzene rings is 1. The van der Waals surface area contributed by atoms with E-state index in [0.717, 1.165) is 44.0 Å². The number of para-hydroxylation sites is 1. The van der Waals surface area contributed by atoms with Crippen molar-refractivity contribution in [2.45, 2.75) is 6.54 Å². The third-order valence-corrected chi connectivity index (χ3v) is 4.39. The fourth-order valence-electron chi connectivity index (χ4n) is 2.93. The van der Waals surface area contributed by atoms with Gasteiger partial charge in [0.2, 0.25) is 0 Å². The van der Waals surface area contributed by atoms with Gasteiger partial charge in [0.25, 0.3) is 0 Å². The van der Waals surface area contributed by atoms with Crippen LogP contribution in [0.2, 0.25) is 0 Å². The van der Waals surface area contributed by atoms with Crippen LogP contribution >= 0.6 is 0 Å². The van der Waals surface area contributed by atoms with E-state index in [2.05, 4.69) is 20.0 Å². The fourth-order valence-corrected chi connectivity index (χ4v) is 2.93. The molecule has 1 aliphatic heterocycles. The normalized spacial score (nSPS) is 15.9.